The fourth-order valence-corrected chi connectivity index (χ4v) is 3.32. The number of para-hydroxylation sites is 1. The molecule has 1 aromatic heterocycles. The number of hydrogen-bond acceptors (Lipinski definition) is 5. The van der Waals surface area contributed by atoms with Crippen molar-refractivity contribution in [1.82, 2.24) is 20.7 Å². The zero-order valence-electron chi connectivity index (χ0n) is 19.0. The third-order valence-corrected chi connectivity index (χ3v) is 4.93. The van der Waals surface area contributed by atoms with E-state index in [2.05, 4.69) is 61.6 Å². The average molecular weight is 529 g/mol. The van der Waals surface area contributed by atoms with Gasteiger partial charge in [-0.1, -0.05) is 37.2 Å². The van der Waals surface area contributed by atoms with E-state index < -0.39 is 0 Å². The van der Waals surface area contributed by atoms with Gasteiger partial charge in [-0.25, -0.2) is 4.99 Å². The van der Waals surface area contributed by atoms with Crippen molar-refractivity contribution in [1.29, 1.82) is 0 Å². The maximum atomic E-state index is 5.56. The first-order chi connectivity index (χ1) is 14.0. The molecule has 1 atom stereocenters. The fourth-order valence-electron chi connectivity index (χ4n) is 3.32. The highest BCUT2D eigenvalue weighted by atomic mass is 127. The lowest BCUT2D eigenvalue weighted by Crippen LogP contribution is -2.41. The topological polar surface area (TPSA) is 74.9 Å². The van der Waals surface area contributed by atoms with E-state index in [1.165, 1.54) is 0 Å². The molecule has 30 heavy (non-hydrogen) atoms. The second-order valence-electron chi connectivity index (χ2n) is 7.04. The van der Waals surface area contributed by atoms with Crippen LogP contribution in [0.4, 0.5) is 0 Å². The van der Waals surface area contributed by atoms with E-state index in [0.717, 1.165) is 53.7 Å². The Bertz CT molecular complexity index is 770. The minimum Gasteiger partial charge on any atom is -0.496 e. The number of aryl methyl sites for hydroxylation is 2. The highest BCUT2D eigenvalue weighted by Crippen LogP contribution is 2.27. The van der Waals surface area contributed by atoms with Gasteiger partial charge in [0.1, 0.15) is 11.5 Å². The molecular formula is C22H36IN5O2. The molecule has 0 saturated carbocycles. The van der Waals surface area contributed by atoms with Crippen molar-refractivity contribution < 1.29 is 9.26 Å². The molecule has 2 N–H and O–H groups in total. The molecular weight excluding hydrogens is 493 g/mol. The Morgan fingerprint density at radius 1 is 1.17 bits per heavy atom. The van der Waals surface area contributed by atoms with E-state index >= 15 is 0 Å². The third kappa shape index (κ3) is 6.87. The van der Waals surface area contributed by atoms with Crippen molar-refractivity contribution in [3.8, 4) is 5.75 Å². The van der Waals surface area contributed by atoms with Crippen molar-refractivity contribution in [2.24, 2.45) is 4.99 Å². The lowest BCUT2D eigenvalue weighted by Gasteiger charge is -2.27. The number of hydrogen-bond donors (Lipinski definition) is 2. The minimum atomic E-state index is 0. The highest BCUT2D eigenvalue weighted by molar-refractivity contribution is 14.0. The van der Waals surface area contributed by atoms with E-state index in [4.69, 9.17) is 14.3 Å². The summed E-state index contributed by atoms with van der Waals surface area (Å²) in [7, 11) is 5.85. The van der Waals surface area contributed by atoms with Crippen molar-refractivity contribution in [3.63, 3.8) is 0 Å². The van der Waals surface area contributed by atoms with Crippen molar-refractivity contribution in [2.45, 2.75) is 46.2 Å². The van der Waals surface area contributed by atoms with Gasteiger partial charge in [-0.15, -0.1) is 24.0 Å². The molecule has 1 unspecified atom stereocenters. The van der Waals surface area contributed by atoms with Gasteiger partial charge in [-0.3, -0.25) is 0 Å². The molecule has 0 saturated heterocycles. The quantitative estimate of drug-likeness (QED) is 0.277. The lowest BCUT2D eigenvalue weighted by atomic mass is 10.0. The Morgan fingerprint density at radius 2 is 1.90 bits per heavy atom. The molecule has 1 aromatic carbocycles. The molecule has 0 fully saturated rings. The number of methoxy groups -OCH3 is 1. The van der Waals surface area contributed by atoms with Gasteiger partial charge in [0.15, 0.2) is 5.96 Å². The number of benzene rings is 1. The van der Waals surface area contributed by atoms with Crippen LogP contribution in [0.2, 0.25) is 0 Å². The van der Waals surface area contributed by atoms with Crippen molar-refractivity contribution >= 4 is 29.9 Å². The van der Waals surface area contributed by atoms with Crippen LogP contribution < -0.4 is 15.4 Å². The predicted molar refractivity (Wildman–Crippen MR) is 133 cm³/mol. The number of halogens is 1. The first kappa shape index (κ1) is 26.2. The maximum Gasteiger partial charge on any atom is 0.191 e. The van der Waals surface area contributed by atoms with Crippen LogP contribution >= 0.6 is 24.0 Å². The second-order valence-corrected chi connectivity index (χ2v) is 7.04. The lowest BCUT2D eigenvalue weighted by molar-refractivity contribution is 0.287. The number of aliphatic imine (C=N–C) groups is 1. The summed E-state index contributed by atoms with van der Waals surface area (Å²) in [6, 6.07) is 8.27. The number of aromatic nitrogens is 1. The van der Waals surface area contributed by atoms with Crippen molar-refractivity contribution in [2.75, 3.05) is 34.3 Å². The van der Waals surface area contributed by atoms with Crippen LogP contribution in [0.15, 0.2) is 33.8 Å². The number of likely N-dealkylation sites (N-methyl/N-ethyl adjacent to an activating group) is 1. The number of nitrogens with zero attached hydrogens (tertiary/aromatic N) is 3. The molecule has 0 amide bonds. The van der Waals surface area contributed by atoms with Gasteiger partial charge in [-0.05, 0) is 33.5 Å². The van der Waals surface area contributed by atoms with E-state index in [0.29, 0.717) is 13.1 Å². The first-order valence-corrected chi connectivity index (χ1v) is 10.3. The molecule has 168 valence electrons. The van der Waals surface area contributed by atoms with Crippen LogP contribution in [-0.2, 0) is 19.4 Å². The normalized spacial score (nSPS) is 12.4. The monoisotopic (exact) mass is 529 g/mol. The predicted octanol–water partition coefficient (Wildman–Crippen LogP) is 3.78. The molecule has 0 aliphatic rings. The zero-order valence-corrected chi connectivity index (χ0v) is 21.3. The molecule has 2 rings (SSSR count). The van der Waals surface area contributed by atoms with Gasteiger partial charge in [0, 0.05) is 30.6 Å². The molecule has 7 nitrogen and oxygen atoms in total. The van der Waals surface area contributed by atoms with Crippen LogP contribution in [0.25, 0.3) is 0 Å². The summed E-state index contributed by atoms with van der Waals surface area (Å²) >= 11 is 0. The highest BCUT2D eigenvalue weighted by Gasteiger charge is 2.19. The Hall–Kier alpha value is -1.81. The molecule has 0 radical (unpaired) electrons. The number of guanidine groups is 1. The first-order valence-electron chi connectivity index (χ1n) is 10.3. The van der Waals surface area contributed by atoms with Gasteiger partial charge in [0.2, 0.25) is 0 Å². The zero-order chi connectivity index (χ0) is 21.2. The van der Waals surface area contributed by atoms with Gasteiger partial charge in [0.05, 0.1) is 25.4 Å². The Morgan fingerprint density at radius 3 is 2.50 bits per heavy atom. The third-order valence-electron chi connectivity index (χ3n) is 4.93. The summed E-state index contributed by atoms with van der Waals surface area (Å²) in [5.41, 5.74) is 3.23. The standard InChI is InChI=1S/C22H35N5O2.HI/c1-7-18-17(20(8-2)29-26-18)14-24-22(23-9-3)25-15-19(27(4)5)16-12-10-11-13-21(16)28-6;/h10-13,19H,7-9,14-15H2,1-6H3,(H2,23,24,25);1H. The Kier molecular flexibility index (Phi) is 11.8. The summed E-state index contributed by atoms with van der Waals surface area (Å²) in [6.07, 6.45) is 1.66. The van der Waals surface area contributed by atoms with Gasteiger partial charge in [-0.2, -0.15) is 0 Å². The van der Waals surface area contributed by atoms with E-state index in [1.807, 2.05) is 18.2 Å². The second kappa shape index (κ2) is 13.5. The molecule has 2 aromatic rings. The van der Waals surface area contributed by atoms with Crippen molar-refractivity contribution in [3.05, 3.63) is 46.8 Å². The largest absolute Gasteiger partial charge is 0.496 e. The summed E-state index contributed by atoms with van der Waals surface area (Å²) < 4.78 is 11.0. The summed E-state index contributed by atoms with van der Waals surface area (Å²) in [6.45, 7) is 8.26. The Labute approximate surface area is 197 Å². The molecule has 8 heteroatoms. The van der Waals surface area contributed by atoms with E-state index in [9.17, 15) is 0 Å². The SMILES string of the molecule is CCNC(=NCc1c(CC)noc1CC)NCC(c1ccccc1OC)N(C)C.I. The molecule has 1 heterocycles. The fraction of sp³-hybridized carbons (Fsp3) is 0.545. The Balaban J connectivity index is 0.00000450. The smallest absolute Gasteiger partial charge is 0.191 e. The molecule has 0 spiro atoms. The van der Waals surface area contributed by atoms with Crippen LogP contribution in [0.1, 0.15) is 49.4 Å². The minimum absolute atomic E-state index is 0. The number of ether oxygens (including phenoxy) is 1. The van der Waals surface area contributed by atoms with Crippen LogP contribution in [0, 0.1) is 0 Å². The van der Waals surface area contributed by atoms with Crippen LogP contribution in [0.3, 0.4) is 0 Å². The maximum absolute atomic E-state index is 5.56. The average Bonchev–Trinajstić information content (AvgIpc) is 3.14. The summed E-state index contributed by atoms with van der Waals surface area (Å²) in [4.78, 5) is 6.96. The molecule has 0 aliphatic heterocycles. The number of rotatable bonds is 10. The molecule has 0 aliphatic carbocycles. The molecule has 0 bridgehead atoms. The van der Waals surface area contributed by atoms with E-state index in [-0.39, 0.29) is 30.0 Å². The summed E-state index contributed by atoms with van der Waals surface area (Å²) in [5.74, 6) is 2.58. The van der Waals surface area contributed by atoms with Crippen LogP contribution in [-0.4, -0.2) is 50.3 Å². The van der Waals surface area contributed by atoms with Gasteiger partial charge >= 0.3 is 0 Å². The van der Waals surface area contributed by atoms with Gasteiger partial charge < -0.3 is 24.8 Å². The summed E-state index contributed by atoms with van der Waals surface area (Å²) in [5, 5.41) is 11.0. The van der Waals surface area contributed by atoms with E-state index in [1.54, 1.807) is 7.11 Å². The van der Waals surface area contributed by atoms with Crippen LogP contribution in [0.5, 0.6) is 5.75 Å². The van der Waals surface area contributed by atoms with Gasteiger partial charge in [0.25, 0.3) is 0 Å². The number of nitrogens with one attached hydrogen (secondary N) is 2.